The van der Waals surface area contributed by atoms with Gasteiger partial charge in [-0.15, -0.1) is 0 Å². The first kappa shape index (κ1) is 21.1. The number of carbonyl (C=O) groups is 2. The smallest absolute Gasteiger partial charge is 0.409 e. The first-order valence-corrected chi connectivity index (χ1v) is 10.3. The molecule has 7 heteroatoms. The van der Waals surface area contributed by atoms with Gasteiger partial charge < -0.3 is 15.8 Å². The highest BCUT2D eigenvalue weighted by Crippen LogP contribution is 2.28. The third kappa shape index (κ3) is 6.20. The largest absolute Gasteiger partial charge is 0.410 e. The number of primary amides is 1. The molecule has 2 aliphatic rings. The molecule has 0 bridgehead atoms. The molecule has 1 heterocycles. The predicted molar refractivity (Wildman–Crippen MR) is 109 cm³/mol. The van der Waals surface area contributed by atoms with Gasteiger partial charge >= 0.3 is 6.09 Å². The summed E-state index contributed by atoms with van der Waals surface area (Å²) in [7, 11) is 0. The van der Waals surface area contributed by atoms with Gasteiger partial charge in [-0.2, -0.15) is 5.26 Å². The molecule has 29 heavy (non-hydrogen) atoms. The Morgan fingerprint density at radius 2 is 2.14 bits per heavy atom. The molecule has 2 amide bonds. The van der Waals surface area contributed by atoms with E-state index in [9.17, 15) is 14.9 Å². The third-order valence-electron chi connectivity index (χ3n) is 5.81. The van der Waals surface area contributed by atoms with Crippen LogP contribution in [0, 0.1) is 23.7 Å². The number of hydrogen-bond acceptors (Lipinski definition) is 5. The van der Waals surface area contributed by atoms with Crippen LogP contribution in [-0.4, -0.2) is 35.5 Å². The molecule has 3 N–H and O–H groups in total. The van der Waals surface area contributed by atoms with E-state index in [4.69, 9.17) is 10.5 Å². The first-order valence-electron chi connectivity index (χ1n) is 10.3. The molecule has 1 radical (unpaired) electrons. The minimum atomic E-state index is -0.860. The van der Waals surface area contributed by atoms with Crippen molar-refractivity contribution in [2.45, 2.75) is 57.0 Å². The lowest BCUT2D eigenvalue weighted by molar-refractivity contribution is -0.119. The van der Waals surface area contributed by atoms with Crippen LogP contribution in [0.15, 0.2) is 24.3 Å². The summed E-state index contributed by atoms with van der Waals surface area (Å²) >= 11 is 0. The molecule has 1 aliphatic carbocycles. The summed E-state index contributed by atoms with van der Waals surface area (Å²) in [5.74, 6) is 0.852. The molecular formula is C22H29N4O3. The average molecular weight is 397 g/mol. The maximum atomic E-state index is 12.4. The van der Waals surface area contributed by atoms with E-state index in [1.165, 1.54) is 32.1 Å². The molecule has 1 unspecified atom stereocenters. The number of likely N-dealkylation sites (tertiary alicyclic amines) is 1. The number of nitrogens with one attached hydrogen (secondary N) is 1. The summed E-state index contributed by atoms with van der Waals surface area (Å²) in [6, 6.07) is 9.47. The van der Waals surface area contributed by atoms with Crippen LogP contribution in [0.25, 0.3) is 0 Å². The topological polar surface area (TPSA) is 108 Å². The lowest BCUT2D eigenvalue weighted by Crippen LogP contribution is -2.49. The zero-order valence-electron chi connectivity index (χ0n) is 16.7. The third-order valence-corrected chi connectivity index (χ3v) is 5.81. The molecule has 155 valence electrons. The average Bonchev–Trinajstić information content (AvgIpc) is 3.10. The molecule has 0 spiro atoms. The number of nitriles is 1. The van der Waals surface area contributed by atoms with Crippen molar-refractivity contribution in [1.82, 2.24) is 10.2 Å². The monoisotopic (exact) mass is 397 g/mol. The molecule has 1 aliphatic heterocycles. The normalized spacial score (nSPS) is 22.7. The molecule has 1 saturated heterocycles. The van der Waals surface area contributed by atoms with E-state index in [-0.39, 0.29) is 5.91 Å². The van der Waals surface area contributed by atoms with Crippen LogP contribution < -0.4 is 15.8 Å². The zero-order chi connectivity index (χ0) is 20.7. The lowest BCUT2D eigenvalue weighted by Gasteiger charge is -2.25. The SMILES string of the molecule is N#CC1(NC(=O)[CH]CC2CCCCC2)CCN(Cc2cccc(OC(N)=O)c2)C1. The molecule has 0 aromatic heterocycles. The number of ether oxygens (including phenoxy) is 1. The number of hydrogen-bond donors (Lipinski definition) is 2. The van der Waals surface area contributed by atoms with Crippen LogP contribution in [0.3, 0.4) is 0 Å². The highest BCUT2D eigenvalue weighted by atomic mass is 16.5. The van der Waals surface area contributed by atoms with Gasteiger partial charge in [0.15, 0.2) is 0 Å². The van der Waals surface area contributed by atoms with Crippen LogP contribution >= 0.6 is 0 Å². The van der Waals surface area contributed by atoms with Crippen molar-refractivity contribution in [2.24, 2.45) is 11.7 Å². The maximum Gasteiger partial charge on any atom is 0.409 e. The Bertz CT molecular complexity index is 770. The van der Waals surface area contributed by atoms with Gasteiger partial charge in [-0.1, -0.05) is 44.2 Å². The molecule has 7 nitrogen and oxygen atoms in total. The fourth-order valence-corrected chi connectivity index (χ4v) is 4.31. The number of rotatable bonds is 7. The van der Waals surface area contributed by atoms with Crippen LogP contribution in [0.2, 0.25) is 0 Å². The van der Waals surface area contributed by atoms with Gasteiger partial charge in [0.2, 0.25) is 5.91 Å². The Morgan fingerprint density at radius 3 is 2.86 bits per heavy atom. The number of benzene rings is 1. The van der Waals surface area contributed by atoms with E-state index >= 15 is 0 Å². The van der Waals surface area contributed by atoms with Gasteiger partial charge in [0, 0.05) is 26.1 Å². The van der Waals surface area contributed by atoms with Crippen LogP contribution in [0.4, 0.5) is 4.79 Å². The fourth-order valence-electron chi connectivity index (χ4n) is 4.31. The summed E-state index contributed by atoms with van der Waals surface area (Å²) in [4.78, 5) is 25.5. The van der Waals surface area contributed by atoms with Crippen molar-refractivity contribution >= 4 is 12.0 Å². The van der Waals surface area contributed by atoms with E-state index in [1.807, 2.05) is 6.07 Å². The molecule has 1 saturated carbocycles. The Labute approximate surface area is 172 Å². The molecule has 3 rings (SSSR count). The molecule has 1 atom stereocenters. The Hall–Kier alpha value is -2.59. The van der Waals surface area contributed by atoms with Gasteiger partial charge in [0.05, 0.1) is 6.07 Å². The quantitative estimate of drug-likeness (QED) is 0.735. The van der Waals surface area contributed by atoms with Gasteiger partial charge in [0.1, 0.15) is 11.3 Å². The summed E-state index contributed by atoms with van der Waals surface area (Å²) in [6.07, 6.45) is 8.45. The van der Waals surface area contributed by atoms with E-state index < -0.39 is 11.6 Å². The van der Waals surface area contributed by atoms with E-state index in [1.54, 1.807) is 24.6 Å². The second-order valence-electron chi connectivity index (χ2n) is 8.16. The van der Waals surface area contributed by atoms with E-state index in [0.29, 0.717) is 37.7 Å². The van der Waals surface area contributed by atoms with Crippen LogP contribution in [0.1, 0.15) is 50.5 Å². The summed E-state index contributed by atoms with van der Waals surface area (Å²) in [5, 5.41) is 12.7. The van der Waals surface area contributed by atoms with Crippen molar-refractivity contribution in [3.8, 4) is 11.8 Å². The molecular weight excluding hydrogens is 368 g/mol. The standard InChI is InChI=1S/C22H29N4O3/c23-15-22(25-20(27)10-9-17-5-2-1-3-6-17)11-12-26(16-22)14-18-7-4-8-19(13-18)29-21(24)28/h4,7-8,10,13,17H,1-3,5-6,9,11-12,14,16H2,(H2,24,28)(H,25,27). The van der Waals surface area contributed by atoms with Crippen molar-refractivity contribution < 1.29 is 14.3 Å². The van der Waals surface area contributed by atoms with E-state index in [2.05, 4.69) is 16.3 Å². The second-order valence-corrected chi connectivity index (χ2v) is 8.16. The predicted octanol–water partition coefficient (Wildman–Crippen LogP) is 2.90. The Balaban J connectivity index is 1.51. The lowest BCUT2D eigenvalue weighted by atomic mass is 9.86. The fraction of sp³-hybridized carbons (Fsp3) is 0.545. The van der Waals surface area contributed by atoms with Crippen molar-refractivity contribution in [3.05, 3.63) is 36.2 Å². The number of carbonyl (C=O) groups excluding carboxylic acids is 2. The van der Waals surface area contributed by atoms with Crippen molar-refractivity contribution in [1.29, 1.82) is 5.26 Å². The van der Waals surface area contributed by atoms with E-state index in [0.717, 1.165) is 12.0 Å². The zero-order valence-corrected chi connectivity index (χ0v) is 16.7. The van der Waals surface area contributed by atoms with Crippen molar-refractivity contribution in [3.63, 3.8) is 0 Å². The molecule has 1 aromatic carbocycles. The number of nitrogens with two attached hydrogens (primary N) is 1. The van der Waals surface area contributed by atoms with Crippen LogP contribution in [0.5, 0.6) is 5.75 Å². The number of nitrogens with zero attached hydrogens (tertiary/aromatic N) is 2. The Kier molecular flexibility index (Phi) is 7.10. The maximum absolute atomic E-state index is 12.4. The van der Waals surface area contributed by atoms with Crippen LogP contribution in [-0.2, 0) is 11.3 Å². The van der Waals surface area contributed by atoms with Gasteiger partial charge in [-0.3, -0.25) is 9.69 Å². The Morgan fingerprint density at radius 1 is 1.34 bits per heavy atom. The number of amides is 2. The highest BCUT2D eigenvalue weighted by molar-refractivity contribution is 5.85. The summed E-state index contributed by atoms with van der Waals surface area (Å²) in [5.41, 5.74) is 5.15. The minimum absolute atomic E-state index is 0.143. The summed E-state index contributed by atoms with van der Waals surface area (Å²) < 4.78 is 4.92. The minimum Gasteiger partial charge on any atom is -0.410 e. The highest BCUT2D eigenvalue weighted by Gasteiger charge is 2.39. The second kappa shape index (κ2) is 9.75. The summed E-state index contributed by atoms with van der Waals surface area (Å²) in [6.45, 7) is 1.77. The van der Waals surface area contributed by atoms with Gasteiger partial charge in [-0.05, 0) is 36.5 Å². The van der Waals surface area contributed by atoms with Gasteiger partial charge in [0.25, 0.3) is 0 Å². The van der Waals surface area contributed by atoms with Crippen molar-refractivity contribution in [2.75, 3.05) is 13.1 Å². The molecule has 1 aromatic rings. The first-order chi connectivity index (χ1) is 14.0. The molecule has 2 fully saturated rings. The van der Waals surface area contributed by atoms with Gasteiger partial charge in [-0.25, -0.2) is 4.79 Å².